The molecule has 0 spiro atoms. The summed E-state index contributed by atoms with van der Waals surface area (Å²) >= 11 is 0. The van der Waals surface area contributed by atoms with E-state index < -0.39 is 0 Å². The van der Waals surface area contributed by atoms with Gasteiger partial charge in [0.25, 0.3) is 5.91 Å². The van der Waals surface area contributed by atoms with Crippen molar-refractivity contribution in [2.75, 3.05) is 5.32 Å². The van der Waals surface area contributed by atoms with Crippen LogP contribution in [0.2, 0.25) is 0 Å². The van der Waals surface area contributed by atoms with E-state index in [0.29, 0.717) is 11.3 Å². The van der Waals surface area contributed by atoms with Gasteiger partial charge in [0.15, 0.2) is 0 Å². The van der Waals surface area contributed by atoms with Crippen molar-refractivity contribution < 1.29 is 9.59 Å². The maximum absolute atomic E-state index is 12.8. The molecule has 0 aliphatic rings. The van der Waals surface area contributed by atoms with E-state index >= 15 is 0 Å². The molecule has 2 N–H and O–H groups in total. The Kier molecular flexibility index (Phi) is 6.22. The minimum Gasteiger partial charge on any atom is -0.349 e. The van der Waals surface area contributed by atoms with Gasteiger partial charge >= 0.3 is 0 Å². The fourth-order valence-electron chi connectivity index (χ4n) is 3.41. The van der Waals surface area contributed by atoms with Gasteiger partial charge in [-0.05, 0) is 36.2 Å². The Morgan fingerprint density at radius 2 is 1.36 bits per heavy atom. The van der Waals surface area contributed by atoms with E-state index in [1.54, 1.807) is 24.3 Å². The number of benzene rings is 3. The van der Waals surface area contributed by atoms with Crippen LogP contribution in [-0.2, 0) is 4.79 Å². The van der Waals surface area contributed by atoms with Crippen LogP contribution < -0.4 is 10.6 Å². The van der Waals surface area contributed by atoms with Crippen LogP contribution in [0, 0.1) is 0 Å². The third kappa shape index (κ3) is 4.86. The summed E-state index contributed by atoms with van der Waals surface area (Å²) in [7, 11) is 0. The highest BCUT2D eigenvalue weighted by molar-refractivity contribution is 5.97. The summed E-state index contributed by atoms with van der Waals surface area (Å²) < 4.78 is 0. The van der Waals surface area contributed by atoms with E-state index in [9.17, 15) is 9.59 Å². The molecule has 2 amide bonds. The summed E-state index contributed by atoms with van der Waals surface area (Å²) in [5.74, 6) is -0.305. The standard InChI is InChI=1S/C24H24N2O2/c1-17(25-24(28)21-14-9-15-22(16-21)26-18(2)27)23(19-10-5-3-6-11-19)20-12-7-4-8-13-20/h3-17,23H,1-2H3,(H,25,28)(H,26,27). The highest BCUT2D eigenvalue weighted by Gasteiger charge is 2.23. The fourth-order valence-corrected chi connectivity index (χ4v) is 3.41. The average molecular weight is 372 g/mol. The zero-order valence-electron chi connectivity index (χ0n) is 16.1. The van der Waals surface area contributed by atoms with Gasteiger partial charge in [0.05, 0.1) is 0 Å². The van der Waals surface area contributed by atoms with Gasteiger partial charge in [0, 0.05) is 30.1 Å². The number of nitrogens with one attached hydrogen (secondary N) is 2. The van der Waals surface area contributed by atoms with Gasteiger partial charge < -0.3 is 10.6 Å². The van der Waals surface area contributed by atoms with Gasteiger partial charge in [-0.1, -0.05) is 66.7 Å². The highest BCUT2D eigenvalue weighted by Crippen LogP contribution is 2.28. The zero-order valence-corrected chi connectivity index (χ0v) is 16.1. The molecule has 3 aromatic carbocycles. The molecule has 142 valence electrons. The molecule has 0 fully saturated rings. The van der Waals surface area contributed by atoms with E-state index in [2.05, 4.69) is 34.9 Å². The molecular weight excluding hydrogens is 348 g/mol. The molecule has 0 saturated carbocycles. The largest absolute Gasteiger partial charge is 0.349 e. The first-order valence-electron chi connectivity index (χ1n) is 9.33. The maximum Gasteiger partial charge on any atom is 0.251 e. The van der Waals surface area contributed by atoms with E-state index in [4.69, 9.17) is 0 Å². The molecule has 4 nitrogen and oxygen atoms in total. The van der Waals surface area contributed by atoms with E-state index in [1.807, 2.05) is 43.3 Å². The first kappa shape index (κ1) is 19.4. The van der Waals surface area contributed by atoms with Crippen LogP contribution in [0.4, 0.5) is 5.69 Å². The topological polar surface area (TPSA) is 58.2 Å². The fraction of sp³-hybridized carbons (Fsp3) is 0.167. The molecule has 0 aliphatic heterocycles. The molecule has 3 rings (SSSR count). The molecule has 0 aliphatic carbocycles. The number of hydrogen-bond donors (Lipinski definition) is 2. The first-order chi connectivity index (χ1) is 13.5. The van der Waals surface area contributed by atoms with Crippen LogP contribution in [0.1, 0.15) is 41.3 Å². The molecule has 1 atom stereocenters. The van der Waals surface area contributed by atoms with Gasteiger partial charge in [-0.3, -0.25) is 9.59 Å². The number of carbonyl (C=O) groups is 2. The van der Waals surface area contributed by atoms with Crippen LogP contribution in [0.3, 0.4) is 0 Å². The van der Waals surface area contributed by atoms with Crippen LogP contribution in [0.5, 0.6) is 0 Å². The predicted molar refractivity (Wildman–Crippen MR) is 112 cm³/mol. The van der Waals surface area contributed by atoms with E-state index in [0.717, 1.165) is 11.1 Å². The Morgan fingerprint density at radius 3 is 1.89 bits per heavy atom. The van der Waals surface area contributed by atoms with Crippen molar-refractivity contribution in [1.82, 2.24) is 5.32 Å². The Bertz CT molecular complexity index is 900. The van der Waals surface area contributed by atoms with Crippen molar-refractivity contribution in [2.45, 2.75) is 25.8 Å². The summed E-state index contributed by atoms with van der Waals surface area (Å²) in [4.78, 5) is 24.1. The minimum absolute atomic E-state index is 0.0323. The Morgan fingerprint density at radius 1 is 0.786 bits per heavy atom. The minimum atomic E-state index is -0.170. The summed E-state index contributed by atoms with van der Waals surface area (Å²) in [5, 5.41) is 5.83. The van der Waals surface area contributed by atoms with Crippen LogP contribution in [0.25, 0.3) is 0 Å². The number of anilines is 1. The Hall–Kier alpha value is -3.40. The SMILES string of the molecule is CC(=O)Nc1cccc(C(=O)NC(C)C(c2ccccc2)c2ccccc2)c1. The average Bonchev–Trinajstić information content (AvgIpc) is 2.69. The van der Waals surface area contributed by atoms with Gasteiger partial charge in [-0.2, -0.15) is 0 Å². The lowest BCUT2D eigenvalue weighted by atomic mass is 9.85. The lowest BCUT2D eigenvalue weighted by Crippen LogP contribution is -2.37. The monoisotopic (exact) mass is 372 g/mol. The molecule has 1 unspecified atom stereocenters. The molecule has 0 saturated heterocycles. The normalized spacial score (nSPS) is 11.7. The van der Waals surface area contributed by atoms with Gasteiger partial charge in [-0.25, -0.2) is 0 Å². The molecule has 0 heterocycles. The van der Waals surface area contributed by atoms with E-state index in [-0.39, 0.29) is 23.8 Å². The third-order valence-electron chi connectivity index (χ3n) is 4.62. The molecule has 0 radical (unpaired) electrons. The van der Waals surface area contributed by atoms with Crippen LogP contribution in [-0.4, -0.2) is 17.9 Å². The molecule has 28 heavy (non-hydrogen) atoms. The third-order valence-corrected chi connectivity index (χ3v) is 4.62. The van der Waals surface area contributed by atoms with Crippen molar-refractivity contribution in [3.8, 4) is 0 Å². The Labute approximate surface area is 165 Å². The van der Waals surface area contributed by atoms with Crippen molar-refractivity contribution in [1.29, 1.82) is 0 Å². The van der Waals surface area contributed by atoms with E-state index in [1.165, 1.54) is 6.92 Å². The van der Waals surface area contributed by atoms with Crippen LogP contribution >= 0.6 is 0 Å². The maximum atomic E-state index is 12.8. The van der Waals surface area contributed by atoms with Gasteiger partial charge in [0.1, 0.15) is 0 Å². The predicted octanol–water partition coefficient (Wildman–Crippen LogP) is 4.60. The lowest BCUT2D eigenvalue weighted by molar-refractivity contribution is -0.114. The number of rotatable bonds is 6. The Balaban J connectivity index is 1.83. The molecule has 3 aromatic rings. The molecule has 4 heteroatoms. The number of hydrogen-bond acceptors (Lipinski definition) is 2. The second-order valence-electron chi connectivity index (χ2n) is 6.82. The smallest absolute Gasteiger partial charge is 0.251 e. The molecular formula is C24H24N2O2. The summed E-state index contributed by atoms with van der Waals surface area (Å²) in [6, 6.07) is 27.2. The highest BCUT2D eigenvalue weighted by atomic mass is 16.2. The summed E-state index contributed by atoms with van der Waals surface area (Å²) in [5.41, 5.74) is 3.41. The van der Waals surface area contributed by atoms with Crippen molar-refractivity contribution >= 4 is 17.5 Å². The number of carbonyl (C=O) groups excluding carboxylic acids is 2. The van der Waals surface area contributed by atoms with Crippen LogP contribution in [0.15, 0.2) is 84.9 Å². The molecule has 0 aromatic heterocycles. The van der Waals surface area contributed by atoms with Crippen molar-refractivity contribution in [3.63, 3.8) is 0 Å². The lowest BCUT2D eigenvalue weighted by Gasteiger charge is -2.26. The second kappa shape index (κ2) is 9.00. The van der Waals surface area contributed by atoms with Gasteiger partial charge in [0.2, 0.25) is 5.91 Å². The van der Waals surface area contributed by atoms with Crippen molar-refractivity contribution in [3.05, 3.63) is 102 Å². The first-order valence-corrected chi connectivity index (χ1v) is 9.33. The second-order valence-corrected chi connectivity index (χ2v) is 6.82. The zero-order chi connectivity index (χ0) is 19.9. The summed E-state index contributed by atoms with van der Waals surface area (Å²) in [6.07, 6.45) is 0. The molecule has 0 bridgehead atoms. The van der Waals surface area contributed by atoms with Crippen molar-refractivity contribution in [2.24, 2.45) is 0 Å². The summed E-state index contributed by atoms with van der Waals surface area (Å²) in [6.45, 7) is 3.46. The van der Waals surface area contributed by atoms with Gasteiger partial charge in [-0.15, -0.1) is 0 Å². The quantitative estimate of drug-likeness (QED) is 0.665. The number of amides is 2.